The third-order valence-electron chi connectivity index (χ3n) is 6.76. The molecule has 0 aromatic heterocycles. The van der Waals surface area contributed by atoms with E-state index in [1.54, 1.807) is 32.4 Å². The maximum Gasteiger partial charge on any atom is 0.238 e. The molecule has 2 heterocycles. The number of hydrogen-bond donors (Lipinski definition) is 1. The second kappa shape index (κ2) is 11.6. The molecule has 188 valence electrons. The summed E-state index contributed by atoms with van der Waals surface area (Å²) in [5.74, 6) is 1.35. The van der Waals surface area contributed by atoms with Crippen molar-refractivity contribution in [2.75, 3.05) is 70.2 Å². The van der Waals surface area contributed by atoms with Gasteiger partial charge in [0.2, 0.25) is 11.8 Å². The minimum atomic E-state index is -0.0855. The van der Waals surface area contributed by atoms with E-state index in [0.29, 0.717) is 36.8 Å². The van der Waals surface area contributed by atoms with E-state index in [-0.39, 0.29) is 17.7 Å². The minimum absolute atomic E-state index is 0.0204. The molecule has 2 fully saturated rings. The SMILES string of the molecule is COc1ccc(NC(=O)CN2CCC(C(=O)N3CCN(c4ccccc4Cl)CC3)CC2)cc1OC. The fraction of sp³-hybridized carbons (Fsp3) is 0.462. The highest BCUT2D eigenvalue weighted by atomic mass is 35.5. The Kier molecular flexibility index (Phi) is 8.36. The topological polar surface area (TPSA) is 74.4 Å². The first-order valence-corrected chi connectivity index (χ1v) is 12.4. The van der Waals surface area contributed by atoms with Crippen LogP contribution < -0.4 is 19.7 Å². The van der Waals surface area contributed by atoms with Crippen LogP contribution in [0.1, 0.15) is 12.8 Å². The summed E-state index contributed by atoms with van der Waals surface area (Å²) >= 11 is 6.33. The normalized spacial score (nSPS) is 17.2. The lowest BCUT2D eigenvalue weighted by Gasteiger charge is -2.39. The van der Waals surface area contributed by atoms with Crippen LogP contribution in [0.15, 0.2) is 42.5 Å². The van der Waals surface area contributed by atoms with Crippen LogP contribution in [0.5, 0.6) is 11.5 Å². The third kappa shape index (κ3) is 6.18. The van der Waals surface area contributed by atoms with Crippen LogP contribution in [-0.4, -0.2) is 81.6 Å². The number of piperazine rings is 1. The number of piperidine rings is 1. The predicted octanol–water partition coefficient (Wildman–Crippen LogP) is 3.36. The maximum atomic E-state index is 13.1. The molecular weight excluding hydrogens is 468 g/mol. The summed E-state index contributed by atoms with van der Waals surface area (Å²) in [4.78, 5) is 32.0. The van der Waals surface area contributed by atoms with Crippen LogP contribution in [-0.2, 0) is 9.59 Å². The summed E-state index contributed by atoms with van der Waals surface area (Å²) < 4.78 is 10.5. The molecule has 2 amide bonds. The molecule has 2 aromatic rings. The van der Waals surface area contributed by atoms with Crippen LogP contribution in [0.3, 0.4) is 0 Å². The van der Waals surface area contributed by atoms with E-state index >= 15 is 0 Å². The Morgan fingerprint density at radius 3 is 2.29 bits per heavy atom. The number of ether oxygens (including phenoxy) is 2. The number of methoxy groups -OCH3 is 2. The standard InChI is InChI=1S/C26H33ClN4O4/c1-34-23-8-7-20(17-24(23)35-2)28-25(32)18-29-11-9-19(10-12-29)26(33)31-15-13-30(14-16-31)22-6-4-3-5-21(22)27/h3-8,17,19H,9-16,18H2,1-2H3,(H,28,32). The van der Waals surface area contributed by atoms with Gasteiger partial charge < -0.3 is 24.6 Å². The number of hydrogen-bond acceptors (Lipinski definition) is 6. The van der Waals surface area contributed by atoms with Gasteiger partial charge in [-0.15, -0.1) is 0 Å². The lowest BCUT2D eigenvalue weighted by molar-refractivity contribution is -0.137. The van der Waals surface area contributed by atoms with E-state index in [4.69, 9.17) is 21.1 Å². The van der Waals surface area contributed by atoms with Gasteiger partial charge in [0.25, 0.3) is 0 Å². The van der Waals surface area contributed by atoms with Crippen molar-refractivity contribution in [2.45, 2.75) is 12.8 Å². The zero-order valence-corrected chi connectivity index (χ0v) is 21.1. The molecular formula is C26H33ClN4O4. The quantitative estimate of drug-likeness (QED) is 0.628. The van der Waals surface area contributed by atoms with Crippen LogP contribution in [0.2, 0.25) is 5.02 Å². The first-order valence-electron chi connectivity index (χ1n) is 12.0. The van der Waals surface area contributed by atoms with E-state index in [1.165, 1.54) is 0 Å². The van der Waals surface area contributed by atoms with E-state index in [9.17, 15) is 9.59 Å². The fourth-order valence-corrected chi connectivity index (χ4v) is 5.04. The molecule has 0 bridgehead atoms. The molecule has 8 nitrogen and oxygen atoms in total. The summed E-state index contributed by atoms with van der Waals surface area (Å²) in [7, 11) is 3.14. The van der Waals surface area contributed by atoms with Gasteiger partial charge in [-0.25, -0.2) is 0 Å². The van der Waals surface area contributed by atoms with Crippen molar-refractivity contribution in [1.82, 2.24) is 9.80 Å². The second-order valence-corrected chi connectivity index (χ2v) is 9.34. The summed E-state index contributed by atoms with van der Waals surface area (Å²) in [5.41, 5.74) is 1.69. The van der Waals surface area contributed by atoms with Crippen LogP contribution in [0.4, 0.5) is 11.4 Å². The average molecular weight is 501 g/mol. The Morgan fingerprint density at radius 1 is 0.943 bits per heavy atom. The third-order valence-corrected chi connectivity index (χ3v) is 7.08. The number of halogens is 1. The fourth-order valence-electron chi connectivity index (χ4n) is 4.79. The molecule has 2 saturated heterocycles. The van der Waals surface area contributed by atoms with Crippen LogP contribution in [0.25, 0.3) is 0 Å². The molecule has 1 N–H and O–H groups in total. The van der Waals surface area contributed by atoms with Gasteiger partial charge in [-0.1, -0.05) is 23.7 Å². The zero-order chi connectivity index (χ0) is 24.8. The lowest BCUT2D eigenvalue weighted by atomic mass is 9.95. The largest absolute Gasteiger partial charge is 0.493 e. The zero-order valence-electron chi connectivity index (χ0n) is 20.3. The molecule has 0 spiro atoms. The predicted molar refractivity (Wildman–Crippen MR) is 138 cm³/mol. The summed E-state index contributed by atoms with van der Waals surface area (Å²) in [6.07, 6.45) is 1.54. The summed E-state index contributed by atoms with van der Waals surface area (Å²) in [6.45, 7) is 4.74. The van der Waals surface area contributed by atoms with Crippen molar-refractivity contribution in [2.24, 2.45) is 5.92 Å². The number of anilines is 2. The lowest BCUT2D eigenvalue weighted by Crippen LogP contribution is -2.52. The summed E-state index contributed by atoms with van der Waals surface area (Å²) in [6, 6.07) is 13.1. The smallest absolute Gasteiger partial charge is 0.238 e. The Balaban J connectivity index is 1.21. The monoisotopic (exact) mass is 500 g/mol. The van der Waals surface area contributed by atoms with Gasteiger partial charge in [0.15, 0.2) is 11.5 Å². The van der Waals surface area contributed by atoms with E-state index in [0.717, 1.165) is 49.7 Å². The summed E-state index contributed by atoms with van der Waals surface area (Å²) in [5, 5.41) is 3.66. The Hall–Kier alpha value is -2.97. The molecule has 0 unspecified atom stereocenters. The number of para-hydroxylation sites is 1. The highest BCUT2D eigenvalue weighted by molar-refractivity contribution is 6.33. The second-order valence-electron chi connectivity index (χ2n) is 8.93. The number of nitrogens with zero attached hydrogens (tertiary/aromatic N) is 3. The van der Waals surface area contributed by atoms with Gasteiger partial charge in [0, 0.05) is 43.9 Å². The van der Waals surface area contributed by atoms with Crippen molar-refractivity contribution in [3.8, 4) is 11.5 Å². The van der Waals surface area contributed by atoms with Gasteiger partial charge in [-0.3, -0.25) is 14.5 Å². The van der Waals surface area contributed by atoms with Crippen molar-refractivity contribution in [3.05, 3.63) is 47.5 Å². The molecule has 2 aliphatic rings. The molecule has 9 heteroatoms. The molecule has 35 heavy (non-hydrogen) atoms. The molecule has 0 radical (unpaired) electrons. The first kappa shape index (κ1) is 25.1. The maximum absolute atomic E-state index is 13.1. The molecule has 0 aliphatic carbocycles. The van der Waals surface area contributed by atoms with E-state index in [1.807, 2.05) is 29.2 Å². The number of amides is 2. The number of likely N-dealkylation sites (tertiary alicyclic amines) is 1. The highest BCUT2D eigenvalue weighted by Gasteiger charge is 2.31. The van der Waals surface area contributed by atoms with Gasteiger partial charge in [-0.05, 0) is 50.2 Å². The Morgan fingerprint density at radius 2 is 1.63 bits per heavy atom. The average Bonchev–Trinajstić information content (AvgIpc) is 2.89. The van der Waals surface area contributed by atoms with Gasteiger partial charge in [0.1, 0.15) is 0 Å². The highest BCUT2D eigenvalue weighted by Crippen LogP contribution is 2.30. The number of carbonyl (C=O) groups is 2. The number of rotatable bonds is 7. The molecule has 4 rings (SSSR count). The molecule has 2 aromatic carbocycles. The van der Waals surface area contributed by atoms with Crippen LogP contribution >= 0.6 is 11.6 Å². The Bertz CT molecular complexity index is 1030. The van der Waals surface area contributed by atoms with Gasteiger partial charge in [0.05, 0.1) is 31.5 Å². The van der Waals surface area contributed by atoms with Crippen molar-refractivity contribution < 1.29 is 19.1 Å². The van der Waals surface area contributed by atoms with Gasteiger partial charge in [-0.2, -0.15) is 0 Å². The van der Waals surface area contributed by atoms with E-state index in [2.05, 4.69) is 15.1 Å². The number of benzene rings is 2. The van der Waals surface area contributed by atoms with Gasteiger partial charge >= 0.3 is 0 Å². The van der Waals surface area contributed by atoms with E-state index < -0.39 is 0 Å². The minimum Gasteiger partial charge on any atom is -0.493 e. The molecule has 0 atom stereocenters. The van der Waals surface area contributed by atoms with Crippen molar-refractivity contribution in [3.63, 3.8) is 0 Å². The molecule has 0 saturated carbocycles. The Labute approximate surface area is 211 Å². The van der Waals surface area contributed by atoms with Crippen molar-refractivity contribution >= 4 is 34.8 Å². The van der Waals surface area contributed by atoms with Crippen LogP contribution in [0, 0.1) is 5.92 Å². The number of nitrogens with one attached hydrogen (secondary N) is 1. The first-order chi connectivity index (χ1) is 17.0. The molecule has 2 aliphatic heterocycles. The number of carbonyl (C=O) groups excluding carboxylic acids is 2. The van der Waals surface area contributed by atoms with Crippen molar-refractivity contribution in [1.29, 1.82) is 0 Å².